The fourth-order valence-corrected chi connectivity index (χ4v) is 5.04. The van der Waals surface area contributed by atoms with Gasteiger partial charge in [-0.2, -0.15) is 5.10 Å². The third kappa shape index (κ3) is 3.99. The lowest BCUT2D eigenvalue weighted by Gasteiger charge is -2.41. The molecule has 1 aliphatic heterocycles. The summed E-state index contributed by atoms with van der Waals surface area (Å²) >= 11 is 1.81. The van der Waals surface area contributed by atoms with Crippen molar-refractivity contribution in [1.29, 1.82) is 0 Å². The third-order valence-corrected chi connectivity index (χ3v) is 6.16. The van der Waals surface area contributed by atoms with Gasteiger partial charge in [-0.25, -0.2) is 0 Å². The van der Waals surface area contributed by atoms with Gasteiger partial charge in [-0.05, 0) is 54.9 Å². The Balaban J connectivity index is 1.40. The van der Waals surface area contributed by atoms with Crippen LogP contribution in [0.4, 0.5) is 0 Å². The summed E-state index contributed by atoms with van der Waals surface area (Å²) in [5.41, 5.74) is 1.80. The molecule has 0 spiro atoms. The van der Waals surface area contributed by atoms with Gasteiger partial charge in [0.1, 0.15) is 0 Å². The van der Waals surface area contributed by atoms with E-state index in [2.05, 4.69) is 56.7 Å². The van der Waals surface area contributed by atoms with Crippen LogP contribution in [0.2, 0.25) is 0 Å². The number of rotatable bonds is 6. The van der Waals surface area contributed by atoms with Crippen molar-refractivity contribution in [2.24, 2.45) is 0 Å². The number of piperidine rings is 1. The Kier molecular flexibility index (Phi) is 5.09. The Morgan fingerprint density at radius 2 is 2.23 bits per heavy atom. The van der Waals surface area contributed by atoms with Crippen LogP contribution in [0.15, 0.2) is 41.9 Å². The van der Waals surface area contributed by atoms with Gasteiger partial charge in [0.05, 0.1) is 5.60 Å². The van der Waals surface area contributed by atoms with Crippen molar-refractivity contribution in [3.8, 4) is 0 Å². The predicted molar refractivity (Wildman–Crippen MR) is 106 cm³/mol. The van der Waals surface area contributed by atoms with Crippen LogP contribution in [0.1, 0.15) is 24.1 Å². The van der Waals surface area contributed by atoms with E-state index in [0.717, 1.165) is 44.7 Å². The van der Waals surface area contributed by atoms with Crippen molar-refractivity contribution in [1.82, 2.24) is 20.0 Å². The minimum atomic E-state index is -0.654. The summed E-state index contributed by atoms with van der Waals surface area (Å²) in [5, 5.41) is 21.8. The maximum atomic E-state index is 11.2. The number of aromatic nitrogens is 2. The van der Waals surface area contributed by atoms with Gasteiger partial charge in [0, 0.05) is 42.8 Å². The smallest absolute Gasteiger partial charge is 0.0900 e. The SMILES string of the molecule is CN(Cc1ccn[nH]1)CC1(O)CCCN(Cc2csc3ccccc23)C1. The van der Waals surface area contributed by atoms with E-state index in [1.54, 1.807) is 6.20 Å². The fourth-order valence-electron chi connectivity index (χ4n) is 4.09. The van der Waals surface area contributed by atoms with Crippen molar-refractivity contribution < 1.29 is 5.11 Å². The second-order valence-electron chi connectivity index (χ2n) is 7.55. The predicted octanol–water partition coefficient (Wildman–Crippen LogP) is 3.08. The van der Waals surface area contributed by atoms with Gasteiger partial charge in [-0.15, -0.1) is 11.3 Å². The first-order chi connectivity index (χ1) is 12.6. The molecule has 0 radical (unpaired) electrons. The van der Waals surface area contributed by atoms with Gasteiger partial charge in [0.15, 0.2) is 0 Å². The highest BCUT2D eigenvalue weighted by atomic mass is 32.1. The van der Waals surface area contributed by atoms with Crippen molar-refractivity contribution in [3.05, 3.63) is 53.2 Å². The standard InChI is InChI=1S/C20H26N4OS/c1-23(12-17-7-9-21-22-17)14-20(25)8-4-10-24(15-20)11-16-13-26-19-6-3-2-5-18(16)19/h2-3,5-7,9,13,25H,4,8,10-12,14-15H2,1H3,(H,21,22). The molecule has 1 saturated heterocycles. The van der Waals surface area contributed by atoms with E-state index in [1.807, 2.05) is 17.4 Å². The molecule has 0 amide bonds. The van der Waals surface area contributed by atoms with E-state index in [4.69, 9.17) is 0 Å². The van der Waals surface area contributed by atoms with E-state index < -0.39 is 5.60 Å². The Morgan fingerprint density at radius 1 is 1.35 bits per heavy atom. The number of nitrogens with zero attached hydrogens (tertiary/aromatic N) is 3. The largest absolute Gasteiger partial charge is 0.387 e. The van der Waals surface area contributed by atoms with E-state index in [0.29, 0.717) is 6.54 Å². The summed E-state index contributed by atoms with van der Waals surface area (Å²) in [5.74, 6) is 0. The lowest BCUT2D eigenvalue weighted by atomic mass is 9.92. The normalized spacial score (nSPS) is 21.7. The zero-order valence-corrected chi connectivity index (χ0v) is 16.0. The molecule has 2 N–H and O–H groups in total. The van der Waals surface area contributed by atoms with Crippen molar-refractivity contribution in [3.63, 3.8) is 0 Å². The van der Waals surface area contributed by atoms with Gasteiger partial charge < -0.3 is 5.11 Å². The summed E-state index contributed by atoms with van der Waals surface area (Å²) in [7, 11) is 2.06. The Morgan fingerprint density at radius 3 is 3.08 bits per heavy atom. The molecule has 0 bridgehead atoms. The van der Waals surface area contributed by atoms with E-state index in [-0.39, 0.29) is 0 Å². The van der Waals surface area contributed by atoms with Crippen molar-refractivity contribution in [2.45, 2.75) is 31.5 Å². The van der Waals surface area contributed by atoms with Crippen LogP contribution in [0.5, 0.6) is 0 Å². The molecular formula is C20H26N4OS. The molecule has 1 atom stereocenters. The molecule has 0 saturated carbocycles. The number of aromatic amines is 1. The molecule has 6 heteroatoms. The molecule has 3 aromatic rings. The lowest BCUT2D eigenvalue weighted by molar-refractivity contribution is -0.0526. The number of β-amino-alcohol motifs (C(OH)–C–C–N with tert-alkyl or cyclic N) is 1. The maximum Gasteiger partial charge on any atom is 0.0900 e. The van der Waals surface area contributed by atoms with Crippen LogP contribution in [0.25, 0.3) is 10.1 Å². The molecule has 4 rings (SSSR count). The Labute approximate surface area is 158 Å². The zero-order chi connectivity index (χ0) is 18.0. The molecule has 1 fully saturated rings. The van der Waals surface area contributed by atoms with Crippen LogP contribution < -0.4 is 0 Å². The molecule has 3 heterocycles. The van der Waals surface area contributed by atoms with Gasteiger partial charge in [0.25, 0.3) is 0 Å². The average molecular weight is 371 g/mol. The summed E-state index contributed by atoms with van der Waals surface area (Å²) < 4.78 is 1.34. The van der Waals surface area contributed by atoms with Crippen molar-refractivity contribution >= 4 is 21.4 Å². The molecule has 5 nitrogen and oxygen atoms in total. The van der Waals surface area contributed by atoms with Gasteiger partial charge in [-0.3, -0.25) is 14.9 Å². The highest BCUT2D eigenvalue weighted by molar-refractivity contribution is 7.17. The molecule has 2 aromatic heterocycles. The summed E-state index contributed by atoms with van der Waals surface area (Å²) in [4.78, 5) is 4.58. The Hall–Kier alpha value is -1.73. The quantitative estimate of drug-likeness (QED) is 0.700. The van der Waals surface area contributed by atoms with E-state index in [9.17, 15) is 5.11 Å². The number of likely N-dealkylation sites (tertiary alicyclic amines) is 1. The molecule has 138 valence electrons. The van der Waals surface area contributed by atoms with Crippen molar-refractivity contribution in [2.75, 3.05) is 26.7 Å². The van der Waals surface area contributed by atoms with Gasteiger partial charge in [-0.1, -0.05) is 18.2 Å². The monoisotopic (exact) mass is 370 g/mol. The van der Waals surface area contributed by atoms with Crippen LogP contribution >= 0.6 is 11.3 Å². The number of likely N-dealkylation sites (N-methyl/N-ethyl adjacent to an activating group) is 1. The van der Waals surface area contributed by atoms with Crippen LogP contribution in [0.3, 0.4) is 0 Å². The van der Waals surface area contributed by atoms with Crippen LogP contribution in [-0.2, 0) is 13.1 Å². The molecule has 1 aromatic carbocycles. The van der Waals surface area contributed by atoms with E-state index in [1.165, 1.54) is 15.6 Å². The molecule has 1 aliphatic rings. The first-order valence-corrected chi connectivity index (χ1v) is 10.1. The second kappa shape index (κ2) is 7.48. The first kappa shape index (κ1) is 17.7. The highest BCUT2D eigenvalue weighted by Crippen LogP contribution is 2.29. The zero-order valence-electron chi connectivity index (χ0n) is 15.2. The molecular weight excluding hydrogens is 344 g/mol. The molecule has 0 aliphatic carbocycles. The van der Waals surface area contributed by atoms with Gasteiger partial charge >= 0.3 is 0 Å². The minimum Gasteiger partial charge on any atom is -0.387 e. The number of thiophene rings is 1. The van der Waals surface area contributed by atoms with Crippen LogP contribution in [0, 0.1) is 0 Å². The summed E-state index contributed by atoms with van der Waals surface area (Å²) in [6, 6.07) is 10.6. The minimum absolute atomic E-state index is 0.654. The molecule has 1 unspecified atom stereocenters. The number of hydrogen-bond acceptors (Lipinski definition) is 5. The second-order valence-corrected chi connectivity index (χ2v) is 8.46. The molecule has 26 heavy (non-hydrogen) atoms. The fraction of sp³-hybridized carbons (Fsp3) is 0.450. The Bertz CT molecular complexity index is 847. The lowest BCUT2D eigenvalue weighted by Crippen LogP contribution is -2.53. The van der Waals surface area contributed by atoms with Gasteiger partial charge in [0.2, 0.25) is 0 Å². The number of benzene rings is 1. The highest BCUT2D eigenvalue weighted by Gasteiger charge is 2.34. The topological polar surface area (TPSA) is 55.4 Å². The number of aliphatic hydroxyl groups is 1. The van der Waals surface area contributed by atoms with Crippen LogP contribution in [-0.4, -0.2) is 57.4 Å². The third-order valence-electron chi connectivity index (χ3n) is 5.15. The van der Waals surface area contributed by atoms with E-state index >= 15 is 0 Å². The summed E-state index contributed by atoms with van der Waals surface area (Å²) in [6.45, 7) is 4.14. The number of H-pyrrole nitrogens is 1. The average Bonchev–Trinajstić information content (AvgIpc) is 3.25. The number of hydrogen-bond donors (Lipinski definition) is 2. The summed E-state index contributed by atoms with van der Waals surface area (Å²) in [6.07, 6.45) is 3.67. The number of nitrogens with one attached hydrogen (secondary N) is 1. The maximum absolute atomic E-state index is 11.2. The first-order valence-electron chi connectivity index (χ1n) is 9.18. The number of fused-ring (bicyclic) bond motifs is 1.